The number of nitrogens with one attached hydrogen (secondary N) is 1. The van der Waals surface area contributed by atoms with Crippen LogP contribution in [0.15, 0.2) is 50.5 Å². The minimum atomic E-state index is -0.126. The molecule has 3 heterocycles. The second-order valence-electron chi connectivity index (χ2n) is 6.78. The van der Waals surface area contributed by atoms with Gasteiger partial charge in [-0.3, -0.25) is 9.69 Å². The molecule has 2 aromatic heterocycles. The Morgan fingerprint density at radius 2 is 1.90 bits per heavy atom. The molecule has 152 valence electrons. The van der Waals surface area contributed by atoms with Crippen molar-refractivity contribution in [2.45, 2.75) is 31.2 Å². The number of nitrogens with zero attached hydrogens (tertiary/aromatic N) is 3. The Morgan fingerprint density at radius 3 is 2.69 bits per heavy atom. The van der Waals surface area contributed by atoms with E-state index < -0.39 is 0 Å². The SMILES string of the molecule is O=C(CSc1nnc(CN2CCCC2)o1)NCc1ccc(-c2ccc(Cl)cc2)o1. The Labute approximate surface area is 177 Å². The van der Waals surface area contributed by atoms with Crippen molar-refractivity contribution < 1.29 is 13.6 Å². The number of carbonyl (C=O) groups is 1. The highest BCUT2D eigenvalue weighted by Crippen LogP contribution is 2.24. The minimum absolute atomic E-state index is 0.126. The second kappa shape index (κ2) is 9.47. The molecule has 7 nitrogen and oxygen atoms in total. The van der Waals surface area contributed by atoms with Gasteiger partial charge in [0.25, 0.3) is 5.22 Å². The normalized spacial score (nSPS) is 14.4. The average Bonchev–Trinajstić information content (AvgIpc) is 3.48. The van der Waals surface area contributed by atoms with Gasteiger partial charge in [-0.25, -0.2) is 0 Å². The zero-order chi connectivity index (χ0) is 20.1. The molecule has 0 aliphatic carbocycles. The van der Waals surface area contributed by atoms with Crippen molar-refractivity contribution in [3.05, 3.63) is 53.1 Å². The molecule has 0 saturated carbocycles. The van der Waals surface area contributed by atoms with Gasteiger partial charge in [0, 0.05) is 10.6 Å². The Hall–Kier alpha value is -2.29. The van der Waals surface area contributed by atoms with E-state index in [1.807, 2.05) is 36.4 Å². The summed E-state index contributed by atoms with van der Waals surface area (Å²) in [5.74, 6) is 2.09. The first-order valence-corrected chi connectivity index (χ1v) is 10.8. The molecule has 0 bridgehead atoms. The molecule has 0 atom stereocenters. The molecule has 0 unspecified atom stereocenters. The number of furan rings is 1. The van der Waals surface area contributed by atoms with Gasteiger partial charge in [0.1, 0.15) is 11.5 Å². The van der Waals surface area contributed by atoms with Crippen LogP contribution < -0.4 is 5.32 Å². The van der Waals surface area contributed by atoms with E-state index in [2.05, 4.69) is 20.4 Å². The van der Waals surface area contributed by atoms with Crippen LogP contribution in [0.5, 0.6) is 0 Å². The standard InChI is InChI=1S/C20H21ClN4O3S/c21-15-5-3-14(4-6-15)17-8-7-16(27-17)11-22-18(26)13-29-20-24-23-19(28-20)12-25-9-1-2-10-25/h3-8H,1-2,9-13H2,(H,22,26). The Morgan fingerprint density at radius 1 is 1.10 bits per heavy atom. The molecule has 3 aromatic rings. The Bertz CT molecular complexity index is 951. The third-order valence-corrected chi connectivity index (χ3v) is 5.65. The van der Waals surface area contributed by atoms with E-state index in [-0.39, 0.29) is 11.7 Å². The lowest BCUT2D eigenvalue weighted by molar-refractivity contribution is -0.118. The van der Waals surface area contributed by atoms with E-state index in [0.29, 0.717) is 35.0 Å². The highest BCUT2D eigenvalue weighted by molar-refractivity contribution is 7.99. The van der Waals surface area contributed by atoms with Gasteiger partial charge in [-0.1, -0.05) is 23.4 Å². The van der Waals surface area contributed by atoms with E-state index in [1.54, 1.807) is 0 Å². The smallest absolute Gasteiger partial charge is 0.277 e. The summed E-state index contributed by atoms with van der Waals surface area (Å²) in [6.45, 7) is 3.13. The minimum Gasteiger partial charge on any atom is -0.459 e. The van der Waals surface area contributed by atoms with Crippen molar-refractivity contribution in [1.29, 1.82) is 0 Å². The summed E-state index contributed by atoms with van der Waals surface area (Å²) < 4.78 is 11.4. The van der Waals surface area contributed by atoms with Crippen LogP contribution in [-0.4, -0.2) is 39.8 Å². The van der Waals surface area contributed by atoms with E-state index in [4.69, 9.17) is 20.4 Å². The third kappa shape index (κ3) is 5.62. The lowest BCUT2D eigenvalue weighted by atomic mass is 10.2. The fourth-order valence-electron chi connectivity index (χ4n) is 3.10. The number of hydrogen-bond acceptors (Lipinski definition) is 7. The molecule has 0 spiro atoms. The van der Waals surface area contributed by atoms with E-state index in [1.165, 1.54) is 24.6 Å². The molecule has 9 heteroatoms. The van der Waals surface area contributed by atoms with Crippen LogP contribution in [0.1, 0.15) is 24.5 Å². The molecule has 1 saturated heterocycles. The topological polar surface area (TPSA) is 84.4 Å². The monoisotopic (exact) mass is 432 g/mol. The Kier molecular flexibility index (Phi) is 6.53. The van der Waals surface area contributed by atoms with Gasteiger partial charge in [0.05, 0.1) is 18.8 Å². The van der Waals surface area contributed by atoms with Gasteiger partial charge in [-0.15, -0.1) is 10.2 Å². The summed E-state index contributed by atoms with van der Waals surface area (Å²) in [5.41, 5.74) is 0.934. The van der Waals surface area contributed by atoms with Crippen molar-refractivity contribution in [1.82, 2.24) is 20.4 Å². The van der Waals surface area contributed by atoms with E-state index >= 15 is 0 Å². The molecular formula is C20H21ClN4O3S. The molecule has 4 rings (SSSR count). The molecule has 0 radical (unpaired) electrons. The van der Waals surface area contributed by atoms with E-state index in [0.717, 1.165) is 24.4 Å². The van der Waals surface area contributed by atoms with Gasteiger partial charge in [-0.2, -0.15) is 0 Å². The van der Waals surface area contributed by atoms with Crippen LogP contribution in [0.4, 0.5) is 0 Å². The number of benzene rings is 1. The lowest BCUT2D eigenvalue weighted by Crippen LogP contribution is -2.24. The lowest BCUT2D eigenvalue weighted by Gasteiger charge is -2.10. The van der Waals surface area contributed by atoms with Crippen molar-refractivity contribution in [3.63, 3.8) is 0 Å². The van der Waals surface area contributed by atoms with Gasteiger partial charge in [0.15, 0.2) is 0 Å². The van der Waals surface area contributed by atoms with Crippen LogP contribution in [0.2, 0.25) is 5.02 Å². The number of hydrogen-bond donors (Lipinski definition) is 1. The first-order valence-electron chi connectivity index (χ1n) is 9.44. The van der Waals surface area contributed by atoms with Crippen LogP contribution in [0, 0.1) is 0 Å². The summed E-state index contributed by atoms with van der Waals surface area (Å²) in [5, 5.41) is 12.0. The average molecular weight is 433 g/mol. The number of amides is 1. The predicted octanol–water partition coefficient (Wildman–Crippen LogP) is 3.99. The van der Waals surface area contributed by atoms with Gasteiger partial charge >= 0.3 is 0 Å². The summed E-state index contributed by atoms with van der Waals surface area (Å²) in [6.07, 6.45) is 2.43. The van der Waals surface area contributed by atoms with Crippen LogP contribution in [0.25, 0.3) is 11.3 Å². The molecule has 1 aliphatic rings. The number of likely N-dealkylation sites (tertiary alicyclic amines) is 1. The van der Waals surface area contributed by atoms with Crippen LogP contribution >= 0.6 is 23.4 Å². The maximum Gasteiger partial charge on any atom is 0.277 e. The first kappa shape index (κ1) is 20.0. The van der Waals surface area contributed by atoms with E-state index in [9.17, 15) is 4.79 Å². The van der Waals surface area contributed by atoms with Gasteiger partial charge < -0.3 is 14.2 Å². The zero-order valence-corrected chi connectivity index (χ0v) is 17.3. The number of aromatic nitrogens is 2. The summed E-state index contributed by atoms with van der Waals surface area (Å²) in [7, 11) is 0. The third-order valence-electron chi connectivity index (χ3n) is 4.58. The molecule has 1 aliphatic heterocycles. The van der Waals surface area contributed by atoms with Crippen LogP contribution in [0.3, 0.4) is 0 Å². The highest BCUT2D eigenvalue weighted by atomic mass is 35.5. The molecule has 1 aromatic carbocycles. The maximum absolute atomic E-state index is 12.1. The van der Waals surface area contributed by atoms with Crippen molar-refractivity contribution in [2.24, 2.45) is 0 Å². The first-order chi connectivity index (χ1) is 14.2. The Balaban J connectivity index is 1.21. The second-order valence-corrected chi connectivity index (χ2v) is 8.15. The summed E-state index contributed by atoms with van der Waals surface area (Å²) in [6, 6.07) is 11.1. The molecular weight excluding hydrogens is 412 g/mol. The summed E-state index contributed by atoms with van der Waals surface area (Å²) >= 11 is 7.14. The van der Waals surface area contributed by atoms with Crippen LogP contribution in [-0.2, 0) is 17.9 Å². The van der Waals surface area contributed by atoms with Crippen molar-refractivity contribution >= 4 is 29.3 Å². The highest BCUT2D eigenvalue weighted by Gasteiger charge is 2.16. The van der Waals surface area contributed by atoms with Gasteiger partial charge in [-0.05, 0) is 62.3 Å². The predicted molar refractivity (Wildman–Crippen MR) is 111 cm³/mol. The molecule has 29 heavy (non-hydrogen) atoms. The quantitative estimate of drug-likeness (QED) is 0.538. The molecule has 1 amide bonds. The maximum atomic E-state index is 12.1. The number of carbonyl (C=O) groups excluding carboxylic acids is 1. The number of thioether (sulfide) groups is 1. The van der Waals surface area contributed by atoms with Crippen molar-refractivity contribution in [3.8, 4) is 11.3 Å². The fraction of sp³-hybridized carbons (Fsp3) is 0.350. The number of halogens is 1. The van der Waals surface area contributed by atoms with Gasteiger partial charge in [0.2, 0.25) is 11.8 Å². The zero-order valence-electron chi connectivity index (χ0n) is 15.8. The van der Waals surface area contributed by atoms with Crippen molar-refractivity contribution in [2.75, 3.05) is 18.8 Å². The summed E-state index contributed by atoms with van der Waals surface area (Å²) in [4.78, 5) is 14.4. The number of rotatable bonds is 8. The fourth-order valence-corrected chi connectivity index (χ4v) is 3.83. The molecule has 1 fully saturated rings. The largest absolute Gasteiger partial charge is 0.459 e. The molecule has 1 N–H and O–H groups in total.